The van der Waals surface area contributed by atoms with Crippen LogP contribution in [0.3, 0.4) is 0 Å². The number of aromatic nitrogens is 2. The second-order valence-corrected chi connectivity index (χ2v) is 4.91. The van der Waals surface area contributed by atoms with Crippen molar-refractivity contribution in [2.24, 2.45) is 0 Å². The number of rotatable bonds is 2. The van der Waals surface area contributed by atoms with Crippen LogP contribution in [0.4, 0.5) is 5.69 Å². The fourth-order valence-electron chi connectivity index (χ4n) is 2.65. The number of benzene rings is 3. The molecule has 1 aromatic heterocycles. The van der Waals surface area contributed by atoms with Crippen LogP contribution in [-0.4, -0.2) is 15.2 Å². The molecule has 22 heavy (non-hydrogen) atoms. The van der Waals surface area contributed by atoms with Gasteiger partial charge < -0.3 is 0 Å². The molecule has 0 bridgehead atoms. The van der Waals surface area contributed by atoms with Crippen LogP contribution >= 0.6 is 0 Å². The van der Waals surface area contributed by atoms with Crippen LogP contribution < -0.4 is 0 Å². The summed E-state index contributed by atoms with van der Waals surface area (Å²) in [4.78, 5) is 10.7. The zero-order chi connectivity index (χ0) is 15.1. The molecule has 0 saturated heterocycles. The van der Waals surface area contributed by atoms with Crippen LogP contribution in [0, 0.1) is 10.1 Å². The van der Waals surface area contributed by atoms with Gasteiger partial charge in [-0.15, -0.1) is 0 Å². The molecule has 0 atom stereocenters. The maximum atomic E-state index is 11.1. The summed E-state index contributed by atoms with van der Waals surface area (Å²) in [6.07, 6.45) is 0. The lowest BCUT2D eigenvalue weighted by Gasteiger charge is -2.07. The Hall–Kier alpha value is -3.28. The first-order valence-electron chi connectivity index (χ1n) is 6.63. The lowest BCUT2D eigenvalue weighted by atomic mass is 9.97. The first kappa shape index (κ1) is 12.5. The SMILES string of the molecule is O=[N+]([O-])c1cc(-c2cccc3ccccc23)c2nonc2c1. The lowest BCUT2D eigenvalue weighted by Crippen LogP contribution is -1.90. The highest BCUT2D eigenvalue weighted by atomic mass is 16.6. The molecular weight excluding hydrogens is 282 g/mol. The fraction of sp³-hybridized carbons (Fsp3) is 0. The number of nitro benzene ring substituents is 1. The Kier molecular flexibility index (Phi) is 2.62. The van der Waals surface area contributed by atoms with E-state index in [-0.39, 0.29) is 5.69 Å². The minimum absolute atomic E-state index is 0.0360. The maximum Gasteiger partial charge on any atom is 0.272 e. The number of hydrogen-bond donors (Lipinski definition) is 0. The number of hydrogen-bond acceptors (Lipinski definition) is 5. The quantitative estimate of drug-likeness (QED) is 0.412. The summed E-state index contributed by atoms with van der Waals surface area (Å²) < 4.78 is 4.75. The smallest absolute Gasteiger partial charge is 0.258 e. The highest BCUT2D eigenvalue weighted by Gasteiger charge is 2.18. The van der Waals surface area contributed by atoms with Gasteiger partial charge in [0.15, 0.2) is 0 Å². The lowest BCUT2D eigenvalue weighted by molar-refractivity contribution is -0.384. The second kappa shape index (κ2) is 4.63. The van der Waals surface area contributed by atoms with Crippen LogP contribution in [0.2, 0.25) is 0 Å². The summed E-state index contributed by atoms with van der Waals surface area (Å²) in [5.74, 6) is 0. The Bertz CT molecular complexity index is 1020. The second-order valence-electron chi connectivity index (χ2n) is 4.91. The van der Waals surface area contributed by atoms with Gasteiger partial charge in [-0.3, -0.25) is 10.1 Å². The molecule has 3 aromatic carbocycles. The predicted octanol–water partition coefficient (Wildman–Crippen LogP) is 3.95. The molecule has 4 rings (SSSR count). The van der Waals surface area contributed by atoms with Gasteiger partial charge in [0, 0.05) is 17.7 Å². The van der Waals surface area contributed by atoms with Crippen molar-refractivity contribution in [3.63, 3.8) is 0 Å². The molecule has 4 aromatic rings. The fourth-order valence-corrected chi connectivity index (χ4v) is 2.65. The van der Waals surface area contributed by atoms with Crippen molar-refractivity contribution in [3.05, 3.63) is 64.7 Å². The maximum absolute atomic E-state index is 11.1. The van der Waals surface area contributed by atoms with Gasteiger partial charge in [-0.1, -0.05) is 42.5 Å². The topological polar surface area (TPSA) is 82.1 Å². The Balaban J connectivity index is 2.11. The van der Waals surface area contributed by atoms with Gasteiger partial charge in [0.05, 0.1) is 4.92 Å². The molecule has 0 radical (unpaired) electrons. The first-order chi connectivity index (χ1) is 10.7. The van der Waals surface area contributed by atoms with Gasteiger partial charge in [-0.2, -0.15) is 0 Å². The molecule has 0 N–H and O–H groups in total. The van der Waals surface area contributed by atoms with Gasteiger partial charge in [0.25, 0.3) is 5.69 Å². The molecule has 0 aliphatic carbocycles. The van der Waals surface area contributed by atoms with E-state index in [0.29, 0.717) is 16.6 Å². The van der Waals surface area contributed by atoms with Crippen LogP contribution in [0.15, 0.2) is 59.2 Å². The average molecular weight is 291 g/mol. The van der Waals surface area contributed by atoms with E-state index in [9.17, 15) is 10.1 Å². The van der Waals surface area contributed by atoms with Crippen molar-refractivity contribution in [1.29, 1.82) is 0 Å². The summed E-state index contributed by atoms with van der Waals surface area (Å²) in [7, 11) is 0. The van der Waals surface area contributed by atoms with Crippen molar-refractivity contribution in [1.82, 2.24) is 10.3 Å². The Morgan fingerprint density at radius 3 is 2.64 bits per heavy atom. The van der Waals surface area contributed by atoms with Gasteiger partial charge in [0.1, 0.15) is 11.0 Å². The van der Waals surface area contributed by atoms with Crippen molar-refractivity contribution < 1.29 is 9.55 Å². The van der Waals surface area contributed by atoms with Crippen molar-refractivity contribution in [3.8, 4) is 11.1 Å². The van der Waals surface area contributed by atoms with E-state index in [1.807, 2.05) is 42.5 Å². The summed E-state index contributed by atoms with van der Waals surface area (Å²) >= 11 is 0. The van der Waals surface area contributed by atoms with E-state index in [4.69, 9.17) is 4.63 Å². The minimum atomic E-state index is -0.442. The molecule has 1 heterocycles. The zero-order valence-corrected chi connectivity index (χ0v) is 11.3. The van der Waals surface area contributed by atoms with Gasteiger partial charge in [-0.25, -0.2) is 4.63 Å². The molecule has 6 heteroatoms. The summed E-state index contributed by atoms with van der Waals surface area (Å²) in [6, 6.07) is 16.5. The summed E-state index contributed by atoms with van der Waals surface area (Å²) in [5, 5.41) is 20.8. The molecule has 0 spiro atoms. The van der Waals surface area contributed by atoms with Crippen LogP contribution in [-0.2, 0) is 0 Å². The van der Waals surface area contributed by atoms with Crippen molar-refractivity contribution in [2.75, 3.05) is 0 Å². The van der Waals surface area contributed by atoms with Crippen molar-refractivity contribution in [2.45, 2.75) is 0 Å². The van der Waals surface area contributed by atoms with Crippen LogP contribution in [0.25, 0.3) is 32.9 Å². The Morgan fingerprint density at radius 1 is 0.955 bits per heavy atom. The monoisotopic (exact) mass is 291 g/mol. The van der Waals surface area contributed by atoms with Crippen LogP contribution in [0.5, 0.6) is 0 Å². The molecule has 0 fully saturated rings. The predicted molar refractivity (Wildman–Crippen MR) is 81.4 cm³/mol. The number of nitro groups is 1. The van der Waals surface area contributed by atoms with Crippen molar-refractivity contribution >= 4 is 27.5 Å². The van der Waals surface area contributed by atoms with E-state index in [1.165, 1.54) is 12.1 Å². The molecule has 0 unspecified atom stereocenters. The Morgan fingerprint density at radius 2 is 1.77 bits per heavy atom. The number of nitrogens with zero attached hydrogens (tertiary/aromatic N) is 3. The van der Waals surface area contributed by atoms with Gasteiger partial charge in [-0.05, 0) is 26.6 Å². The van der Waals surface area contributed by atoms with E-state index in [1.54, 1.807) is 0 Å². The van der Waals surface area contributed by atoms with Crippen LogP contribution in [0.1, 0.15) is 0 Å². The van der Waals surface area contributed by atoms with E-state index in [0.717, 1.165) is 16.3 Å². The van der Waals surface area contributed by atoms with E-state index >= 15 is 0 Å². The van der Waals surface area contributed by atoms with E-state index in [2.05, 4.69) is 10.3 Å². The number of non-ortho nitro benzene ring substituents is 1. The third-order valence-corrected chi connectivity index (χ3v) is 3.64. The molecule has 0 saturated carbocycles. The zero-order valence-electron chi connectivity index (χ0n) is 11.3. The number of fused-ring (bicyclic) bond motifs is 2. The molecule has 0 aliphatic rings. The standard InChI is InChI=1S/C16H9N3O3/c20-19(21)11-8-14(16-15(9-11)17-22-18-16)13-7-3-5-10-4-1-2-6-12(10)13/h1-9H. The van der Waals surface area contributed by atoms with E-state index < -0.39 is 4.92 Å². The molecule has 106 valence electrons. The first-order valence-corrected chi connectivity index (χ1v) is 6.63. The largest absolute Gasteiger partial charge is 0.272 e. The third-order valence-electron chi connectivity index (χ3n) is 3.64. The Labute approximate surface area is 124 Å². The molecule has 0 aliphatic heterocycles. The van der Waals surface area contributed by atoms with Gasteiger partial charge in [0.2, 0.25) is 0 Å². The highest BCUT2D eigenvalue weighted by Crippen LogP contribution is 2.35. The summed E-state index contributed by atoms with van der Waals surface area (Å²) in [6.45, 7) is 0. The molecule has 6 nitrogen and oxygen atoms in total. The van der Waals surface area contributed by atoms with Gasteiger partial charge >= 0.3 is 0 Å². The highest BCUT2D eigenvalue weighted by molar-refractivity contribution is 6.03. The summed E-state index contributed by atoms with van der Waals surface area (Å²) in [5.41, 5.74) is 2.36. The molecule has 0 amide bonds. The normalized spacial score (nSPS) is 11.1. The molecular formula is C16H9N3O3. The minimum Gasteiger partial charge on any atom is -0.258 e. The third kappa shape index (κ3) is 1.81. The average Bonchev–Trinajstić information content (AvgIpc) is 3.02.